The molecule has 102 valence electrons. The fraction of sp³-hybridized carbons (Fsp3) is 1.00. The molecule has 17 heavy (non-hydrogen) atoms. The summed E-state index contributed by atoms with van der Waals surface area (Å²) < 4.78 is 0. The van der Waals surface area contributed by atoms with Gasteiger partial charge in [-0.25, -0.2) is 0 Å². The van der Waals surface area contributed by atoms with E-state index in [-0.39, 0.29) is 5.60 Å². The molecular weight excluding hydrogens is 208 g/mol. The van der Waals surface area contributed by atoms with E-state index in [0.29, 0.717) is 10.8 Å². The zero-order valence-electron chi connectivity index (χ0n) is 12.8. The lowest BCUT2D eigenvalue weighted by molar-refractivity contribution is 0.0222. The molecule has 1 N–H and O–H groups in total. The Labute approximate surface area is 108 Å². The molecule has 1 aliphatic carbocycles. The first-order valence-corrected chi connectivity index (χ1v) is 7.22. The molecule has 0 heterocycles. The van der Waals surface area contributed by atoms with Crippen molar-refractivity contribution in [2.45, 2.75) is 85.7 Å². The maximum atomic E-state index is 10.6. The van der Waals surface area contributed by atoms with Gasteiger partial charge in [0.2, 0.25) is 0 Å². The third-order valence-corrected chi connectivity index (χ3v) is 3.93. The van der Waals surface area contributed by atoms with E-state index in [0.717, 1.165) is 31.6 Å². The Hall–Kier alpha value is -0.0400. The molecule has 1 saturated carbocycles. The van der Waals surface area contributed by atoms with Crippen LogP contribution in [-0.4, -0.2) is 10.7 Å². The summed E-state index contributed by atoms with van der Waals surface area (Å²) in [6.45, 7) is 13.7. The van der Waals surface area contributed by atoms with E-state index < -0.39 is 0 Å². The molecule has 1 nitrogen and oxygen atoms in total. The smallest absolute Gasteiger partial charge is 0.0650 e. The molecule has 2 atom stereocenters. The third-order valence-electron chi connectivity index (χ3n) is 3.93. The third kappa shape index (κ3) is 5.90. The monoisotopic (exact) mass is 240 g/mol. The number of hydrogen-bond donors (Lipinski definition) is 1. The average molecular weight is 240 g/mol. The minimum atomic E-state index is -0.358. The molecule has 0 aromatic heterocycles. The zero-order chi connectivity index (χ0) is 13.3. The van der Waals surface area contributed by atoms with Gasteiger partial charge < -0.3 is 5.11 Å². The van der Waals surface area contributed by atoms with Crippen molar-refractivity contribution in [2.24, 2.45) is 16.7 Å². The lowest BCUT2D eigenvalue weighted by Gasteiger charge is -2.28. The maximum Gasteiger partial charge on any atom is 0.0650 e. The van der Waals surface area contributed by atoms with E-state index in [1.54, 1.807) is 0 Å². The summed E-state index contributed by atoms with van der Waals surface area (Å²) in [5.74, 6) is 0.736. The van der Waals surface area contributed by atoms with Crippen molar-refractivity contribution in [2.75, 3.05) is 0 Å². The van der Waals surface area contributed by atoms with Crippen molar-refractivity contribution in [3.8, 4) is 0 Å². The van der Waals surface area contributed by atoms with Crippen LogP contribution in [0, 0.1) is 16.7 Å². The fourth-order valence-corrected chi connectivity index (χ4v) is 3.09. The number of aliphatic hydroxyl groups is 1. The van der Waals surface area contributed by atoms with Gasteiger partial charge in [0.1, 0.15) is 0 Å². The van der Waals surface area contributed by atoms with E-state index >= 15 is 0 Å². The molecule has 0 aromatic rings. The molecule has 1 aliphatic rings. The highest BCUT2D eigenvalue weighted by Gasteiger charge is 2.38. The summed E-state index contributed by atoms with van der Waals surface area (Å²) in [6.07, 6.45) is 6.63. The van der Waals surface area contributed by atoms with E-state index in [9.17, 15) is 5.11 Å². The second kappa shape index (κ2) is 4.91. The summed E-state index contributed by atoms with van der Waals surface area (Å²) in [7, 11) is 0. The molecule has 0 saturated heterocycles. The molecule has 1 fully saturated rings. The van der Waals surface area contributed by atoms with Crippen molar-refractivity contribution in [3.63, 3.8) is 0 Å². The second-order valence-electron chi connectivity index (χ2n) is 8.66. The number of hydrogen-bond acceptors (Lipinski definition) is 1. The summed E-state index contributed by atoms with van der Waals surface area (Å²) in [5.41, 5.74) is 0.390. The highest BCUT2D eigenvalue weighted by Crippen LogP contribution is 2.43. The summed E-state index contributed by atoms with van der Waals surface area (Å²) in [5, 5.41) is 10.6. The van der Waals surface area contributed by atoms with E-state index in [2.05, 4.69) is 41.5 Å². The Morgan fingerprint density at radius 3 is 2.12 bits per heavy atom. The predicted molar refractivity (Wildman–Crippen MR) is 75.1 cm³/mol. The first-order valence-electron chi connectivity index (χ1n) is 7.22. The molecule has 0 bridgehead atoms. The Morgan fingerprint density at radius 2 is 1.65 bits per heavy atom. The first-order chi connectivity index (χ1) is 7.49. The topological polar surface area (TPSA) is 20.2 Å². The van der Waals surface area contributed by atoms with Crippen LogP contribution in [0.2, 0.25) is 0 Å². The zero-order valence-corrected chi connectivity index (χ0v) is 12.8. The van der Waals surface area contributed by atoms with E-state index in [4.69, 9.17) is 0 Å². The SMILES string of the molecule is CC(C)(C)CC[C@]1(O)CC[C@H](CC(C)(C)C)C1. The van der Waals surface area contributed by atoms with Crippen LogP contribution < -0.4 is 0 Å². The summed E-state index contributed by atoms with van der Waals surface area (Å²) in [4.78, 5) is 0. The van der Waals surface area contributed by atoms with Crippen LogP contribution in [0.25, 0.3) is 0 Å². The fourth-order valence-electron chi connectivity index (χ4n) is 3.09. The highest BCUT2D eigenvalue weighted by atomic mass is 16.3. The van der Waals surface area contributed by atoms with Crippen molar-refractivity contribution in [1.82, 2.24) is 0 Å². The van der Waals surface area contributed by atoms with Crippen LogP contribution >= 0.6 is 0 Å². The number of rotatable bonds is 3. The van der Waals surface area contributed by atoms with Gasteiger partial charge in [-0.2, -0.15) is 0 Å². The van der Waals surface area contributed by atoms with Gasteiger partial charge >= 0.3 is 0 Å². The molecule has 0 spiro atoms. The summed E-state index contributed by atoms with van der Waals surface area (Å²) in [6, 6.07) is 0. The minimum absolute atomic E-state index is 0.345. The summed E-state index contributed by atoms with van der Waals surface area (Å²) >= 11 is 0. The maximum absolute atomic E-state index is 10.6. The van der Waals surface area contributed by atoms with Gasteiger partial charge in [0.05, 0.1) is 5.60 Å². The molecule has 0 radical (unpaired) electrons. The normalized spacial score (nSPS) is 30.9. The van der Waals surface area contributed by atoms with Crippen LogP contribution in [0.4, 0.5) is 0 Å². The Morgan fingerprint density at radius 1 is 1.06 bits per heavy atom. The van der Waals surface area contributed by atoms with Gasteiger partial charge in [-0.05, 0) is 55.3 Å². The lowest BCUT2D eigenvalue weighted by atomic mass is 9.81. The largest absolute Gasteiger partial charge is 0.390 e. The van der Waals surface area contributed by atoms with Gasteiger partial charge in [0.15, 0.2) is 0 Å². The first kappa shape index (κ1) is 15.0. The van der Waals surface area contributed by atoms with Gasteiger partial charge in [-0.1, -0.05) is 41.5 Å². The Bertz CT molecular complexity index is 243. The van der Waals surface area contributed by atoms with Crippen LogP contribution in [0.15, 0.2) is 0 Å². The van der Waals surface area contributed by atoms with Crippen LogP contribution in [0.3, 0.4) is 0 Å². The Kier molecular flexibility index (Phi) is 4.34. The Balaban J connectivity index is 2.42. The van der Waals surface area contributed by atoms with E-state index in [1.165, 1.54) is 12.8 Å². The van der Waals surface area contributed by atoms with Gasteiger partial charge in [0.25, 0.3) is 0 Å². The standard InChI is InChI=1S/C16H32O/c1-14(2,3)9-10-16(17)8-7-13(12-16)11-15(4,5)6/h13,17H,7-12H2,1-6H3/t13-,16-/m1/s1. The second-order valence-corrected chi connectivity index (χ2v) is 8.66. The van der Waals surface area contributed by atoms with E-state index in [1.807, 2.05) is 0 Å². The van der Waals surface area contributed by atoms with Crippen molar-refractivity contribution in [1.29, 1.82) is 0 Å². The molecule has 1 heteroatoms. The molecule has 0 aliphatic heterocycles. The van der Waals surface area contributed by atoms with Crippen molar-refractivity contribution in [3.05, 3.63) is 0 Å². The van der Waals surface area contributed by atoms with Gasteiger partial charge in [-0.15, -0.1) is 0 Å². The van der Waals surface area contributed by atoms with Gasteiger partial charge in [-0.3, -0.25) is 0 Å². The van der Waals surface area contributed by atoms with Gasteiger partial charge in [0, 0.05) is 0 Å². The molecule has 0 amide bonds. The average Bonchev–Trinajstić information content (AvgIpc) is 2.41. The molecule has 1 rings (SSSR count). The molecule has 0 unspecified atom stereocenters. The highest BCUT2D eigenvalue weighted by molar-refractivity contribution is 4.91. The lowest BCUT2D eigenvalue weighted by Crippen LogP contribution is -2.27. The van der Waals surface area contributed by atoms with Crippen LogP contribution in [0.5, 0.6) is 0 Å². The molecule has 0 aromatic carbocycles. The van der Waals surface area contributed by atoms with Crippen LogP contribution in [0.1, 0.15) is 80.1 Å². The minimum Gasteiger partial charge on any atom is -0.390 e. The van der Waals surface area contributed by atoms with Crippen molar-refractivity contribution >= 4 is 0 Å². The quantitative estimate of drug-likeness (QED) is 0.752. The van der Waals surface area contributed by atoms with Crippen molar-refractivity contribution < 1.29 is 5.11 Å². The predicted octanol–water partition coefficient (Wildman–Crippen LogP) is 4.78. The molecular formula is C16H32O. The van der Waals surface area contributed by atoms with Crippen LogP contribution in [-0.2, 0) is 0 Å².